The summed E-state index contributed by atoms with van der Waals surface area (Å²) in [5, 5.41) is 13.5. The first-order valence-corrected chi connectivity index (χ1v) is 5.83. The van der Waals surface area contributed by atoms with Crippen LogP contribution in [0.5, 0.6) is 0 Å². The van der Waals surface area contributed by atoms with Gasteiger partial charge in [-0.3, -0.25) is 0 Å². The fraction of sp³-hybridized carbons (Fsp3) is 1.00. The highest BCUT2D eigenvalue weighted by Gasteiger charge is 2.34. The normalized spacial score (nSPS) is 42.6. The molecule has 2 heterocycles. The molecule has 0 saturated carbocycles. The third-order valence-electron chi connectivity index (χ3n) is 3.69. The van der Waals surface area contributed by atoms with Gasteiger partial charge < -0.3 is 20.1 Å². The predicted molar refractivity (Wildman–Crippen MR) is 58.9 cm³/mol. The zero-order valence-electron chi connectivity index (χ0n) is 9.70. The van der Waals surface area contributed by atoms with Crippen molar-refractivity contribution in [2.24, 2.45) is 0 Å². The lowest BCUT2D eigenvalue weighted by Crippen LogP contribution is -2.45. The molecule has 3 atom stereocenters. The lowest BCUT2D eigenvalue weighted by atomic mass is 10.0. The van der Waals surface area contributed by atoms with E-state index in [9.17, 15) is 5.11 Å². The molecule has 3 unspecified atom stereocenters. The molecule has 0 aromatic carbocycles. The van der Waals surface area contributed by atoms with E-state index in [0.29, 0.717) is 31.8 Å². The molecule has 0 radical (unpaired) electrons. The van der Waals surface area contributed by atoms with Crippen LogP contribution in [0.4, 0.5) is 0 Å². The molecule has 0 amide bonds. The number of nitrogens with one attached hydrogen (secondary N) is 1. The summed E-state index contributed by atoms with van der Waals surface area (Å²) in [6.45, 7) is 5.17. The van der Waals surface area contributed by atoms with Gasteiger partial charge in [-0.2, -0.15) is 0 Å². The highest BCUT2D eigenvalue weighted by atomic mass is 16.5. The monoisotopic (exact) mass is 214 g/mol. The summed E-state index contributed by atoms with van der Waals surface area (Å²) in [6.07, 6.45) is 1.94. The van der Waals surface area contributed by atoms with E-state index in [2.05, 4.69) is 24.2 Å². The van der Waals surface area contributed by atoms with E-state index >= 15 is 0 Å². The fourth-order valence-electron chi connectivity index (χ4n) is 2.41. The molecule has 4 nitrogen and oxygen atoms in total. The first-order chi connectivity index (χ1) is 7.09. The zero-order valence-corrected chi connectivity index (χ0v) is 9.70. The SMILES string of the molecule is CC1CC(NCC2(O)CCOC2)CN1C. The van der Waals surface area contributed by atoms with Crippen molar-refractivity contribution >= 4 is 0 Å². The number of nitrogens with zero attached hydrogens (tertiary/aromatic N) is 1. The summed E-state index contributed by atoms with van der Waals surface area (Å²) in [5.41, 5.74) is -0.621. The molecule has 2 aliphatic heterocycles. The van der Waals surface area contributed by atoms with Gasteiger partial charge in [0.1, 0.15) is 5.60 Å². The molecule has 0 aromatic heterocycles. The van der Waals surface area contributed by atoms with Crippen LogP contribution in [0.25, 0.3) is 0 Å². The summed E-state index contributed by atoms with van der Waals surface area (Å²) in [7, 11) is 2.15. The van der Waals surface area contributed by atoms with E-state index in [4.69, 9.17) is 4.74 Å². The van der Waals surface area contributed by atoms with Crippen molar-refractivity contribution in [1.82, 2.24) is 10.2 Å². The maximum atomic E-state index is 10.1. The molecule has 2 saturated heterocycles. The van der Waals surface area contributed by atoms with Crippen molar-refractivity contribution in [2.45, 2.75) is 37.5 Å². The van der Waals surface area contributed by atoms with Crippen molar-refractivity contribution in [3.8, 4) is 0 Å². The summed E-state index contributed by atoms with van der Waals surface area (Å²) >= 11 is 0. The van der Waals surface area contributed by atoms with Crippen LogP contribution in [0.3, 0.4) is 0 Å². The molecule has 2 N–H and O–H groups in total. The molecular formula is C11H22N2O2. The minimum atomic E-state index is -0.621. The first kappa shape index (κ1) is 11.3. The van der Waals surface area contributed by atoms with Crippen molar-refractivity contribution in [2.75, 3.05) is 33.4 Å². The van der Waals surface area contributed by atoms with Crippen LogP contribution in [0, 0.1) is 0 Å². The van der Waals surface area contributed by atoms with Crippen LogP contribution in [0.2, 0.25) is 0 Å². The predicted octanol–water partition coefficient (Wildman–Crippen LogP) is -0.180. The molecule has 0 spiro atoms. The highest BCUT2D eigenvalue weighted by Crippen LogP contribution is 2.19. The van der Waals surface area contributed by atoms with Gasteiger partial charge in [0.2, 0.25) is 0 Å². The number of rotatable bonds is 3. The third-order valence-corrected chi connectivity index (χ3v) is 3.69. The van der Waals surface area contributed by atoms with Gasteiger partial charge in [-0.15, -0.1) is 0 Å². The Morgan fingerprint density at radius 3 is 2.93 bits per heavy atom. The minimum absolute atomic E-state index is 0.484. The van der Waals surface area contributed by atoms with Crippen LogP contribution in [0.15, 0.2) is 0 Å². The average Bonchev–Trinajstić information content (AvgIpc) is 2.73. The van der Waals surface area contributed by atoms with E-state index in [1.807, 2.05) is 0 Å². The molecule has 2 rings (SSSR count). The Hall–Kier alpha value is -0.160. The minimum Gasteiger partial charge on any atom is -0.386 e. The molecule has 4 heteroatoms. The highest BCUT2D eigenvalue weighted by molar-refractivity contribution is 4.90. The van der Waals surface area contributed by atoms with Gasteiger partial charge in [0.05, 0.1) is 6.61 Å². The topological polar surface area (TPSA) is 44.7 Å². The molecule has 0 aliphatic carbocycles. The lowest BCUT2D eigenvalue weighted by Gasteiger charge is -2.23. The van der Waals surface area contributed by atoms with Crippen LogP contribution >= 0.6 is 0 Å². The fourth-order valence-corrected chi connectivity index (χ4v) is 2.41. The summed E-state index contributed by atoms with van der Waals surface area (Å²) < 4.78 is 5.22. The Bertz CT molecular complexity index is 207. The number of hydrogen-bond donors (Lipinski definition) is 2. The van der Waals surface area contributed by atoms with E-state index in [0.717, 1.165) is 13.0 Å². The first-order valence-electron chi connectivity index (χ1n) is 5.83. The smallest absolute Gasteiger partial charge is 0.102 e. The zero-order chi connectivity index (χ0) is 10.9. The Labute approximate surface area is 91.6 Å². The molecule has 0 bridgehead atoms. The molecule has 0 aromatic rings. The molecule has 2 fully saturated rings. The van der Waals surface area contributed by atoms with Gasteiger partial charge in [0, 0.05) is 38.2 Å². The quantitative estimate of drug-likeness (QED) is 0.684. The second-order valence-corrected chi connectivity index (χ2v) is 5.13. The largest absolute Gasteiger partial charge is 0.386 e. The maximum absolute atomic E-state index is 10.1. The van der Waals surface area contributed by atoms with Gasteiger partial charge in [-0.25, -0.2) is 0 Å². The van der Waals surface area contributed by atoms with Gasteiger partial charge >= 0.3 is 0 Å². The number of ether oxygens (including phenoxy) is 1. The Morgan fingerprint density at radius 2 is 2.40 bits per heavy atom. The van der Waals surface area contributed by atoms with Gasteiger partial charge in [-0.05, 0) is 20.4 Å². The van der Waals surface area contributed by atoms with Crippen LogP contribution in [0.1, 0.15) is 19.8 Å². The van der Waals surface area contributed by atoms with Gasteiger partial charge in [-0.1, -0.05) is 0 Å². The molecule has 88 valence electrons. The van der Waals surface area contributed by atoms with E-state index in [-0.39, 0.29) is 0 Å². The second-order valence-electron chi connectivity index (χ2n) is 5.13. The van der Waals surface area contributed by atoms with Crippen LogP contribution in [-0.4, -0.2) is 61.0 Å². The number of hydrogen-bond acceptors (Lipinski definition) is 4. The molecule has 2 aliphatic rings. The van der Waals surface area contributed by atoms with Crippen molar-refractivity contribution < 1.29 is 9.84 Å². The van der Waals surface area contributed by atoms with E-state index in [1.165, 1.54) is 6.42 Å². The summed E-state index contributed by atoms with van der Waals surface area (Å²) in [4.78, 5) is 2.35. The lowest BCUT2D eigenvalue weighted by molar-refractivity contribution is 0.0250. The molecular weight excluding hydrogens is 192 g/mol. The Morgan fingerprint density at radius 1 is 1.60 bits per heavy atom. The van der Waals surface area contributed by atoms with E-state index in [1.54, 1.807) is 0 Å². The maximum Gasteiger partial charge on any atom is 0.102 e. The number of aliphatic hydroxyl groups is 1. The van der Waals surface area contributed by atoms with Crippen molar-refractivity contribution in [1.29, 1.82) is 0 Å². The van der Waals surface area contributed by atoms with Crippen molar-refractivity contribution in [3.63, 3.8) is 0 Å². The number of likely N-dealkylation sites (N-methyl/N-ethyl adjacent to an activating group) is 1. The van der Waals surface area contributed by atoms with Crippen LogP contribution < -0.4 is 5.32 Å². The van der Waals surface area contributed by atoms with E-state index < -0.39 is 5.60 Å². The average molecular weight is 214 g/mol. The number of likely N-dealkylation sites (tertiary alicyclic amines) is 1. The van der Waals surface area contributed by atoms with Crippen molar-refractivity contribution in [3.05, 3.63) is 0 Å². The van der Waals surface area contributed by atoms with Crippen LogP contribution in [-0.2, 0) is 4.74 Å². The Balaban J connectivity index is 1.74. The summed E-state index contributed by atoms with van der Waals surface area (Å²) in [6, 6.07) is 1.17. The van der Waals surface area contributed by atoms with Gasteiger partial charge in [0.15, 0.2) is 0 Å². The second kappa shape index (κ2) is 4.37. The molecule has 15 heavy (non-hydrogen) atoms. The van der Waals surface area contributed by atoms with Gasteiger partial charge in [0.25, 0.3) is 0 Å². The summed E-state index contributed by atoms with van der Waals surface area (Å²) in [5.74, 6) is 0. The standard InChI is InChI=1S/C11H22N2O2/c1-9-5-10(6-13(9)2)12-7-11(14)3-4-15-8-11/h9-10,12,14H,3-8H2,1-2H3. The Kier molecular flexibility index (Phi) is 3.30. The third kappa shape index (κ3) is 2.69.